The first-order valence-electron chi connectivity index (χ1n) is 6.55. The van der Waals surface area contributed by atoms with Crippen molar-refractivity contribution in [1.29, 1.82) is 0 Å². The normalized spacial score (nSPS) is 31.4. The molecule has 0 aromatic rings. The monoisotopic (exact) mass is 284 g/mol. The van der Waals surface area contributed by atoms with E-state index in [9.17, 15) is 14.4 Å². The van der Waals surface area contributed by atoms with Crippen molar-refractivity contribution in [2.24, 2.45) is 17.3 Å². The van der Waals surface area contributed by atoms with Gasteiger partial charge >= 0.3 is 0 Å². The van der Waals surface area contributed by atoms with E-state index in [0.717, 1.165) is 5.75 Å². The van der Waals surface area contributed by atoms with Gasteiger partial charge in [0.1, 0.15) is 5.92 Å². The zero-order valence-electron chi connectivity index (χ0n) is 11.5. The number of hydrogen-bond donors (Lipinski definition) is 2. The van der Waals surface area contributed by atoms with Gasteiger partial charge in [-0.1, -0.05) is 32.5 Å². The molecule has 2 rings (SSSR count). The molecule has 0 radical (unpaired) electrons. The maximum atomic E-state index is 12.3. The quantitative estimate of drug-likeness (QED) is 0.726. The molecular formula is C13H20N2O3S. The lowest BCUT2D eigenvalue weighted by molar-refractivity contribution is -0.136. The molecule has 0 bridgehead atoms. The van der Waals surface area contributed by atoms with Crippen LogP contribution in [0.15, 0.2) is 0 Å². The number of thioether (sulfide) groups is 1. The van der Waals surface area contributed by atoms with Crippen LogP contribution in [-0.2, 0) is 14.4 Å². The number of nitrogens with one attached hydrogen (secondary N) is 2. The fraction of sp³-hybridized carbons (Fsp3) is 0.769. The summed E-state index contributed by atoms with van der Waals surface area (Å²) in [5.41, 5.74) is -0.129. The predicted molar refractivity (Wildman–Crippen MR) is 73.5 cm³/mol. The Morgan fingerprint density at radius 2 is 2.05 bits per heavy atom. The lowest BCUT2D eigenvalue weighted by Crippen LogP contribution is -2.46. The minimum atomic E-state index is -0.682. The van der Waals surface area contributed by atoms with Crippen molar-refractivity contribution in [1.82, 2.24) is 10.6 Å². The molecule has 0 saturated carbocycles. The molecular weight excluding hydrogens is 264 g/mol. The lowest BCUT2D eigenvalue weighted by atomic mass is 9.74. The van der Waals surface area contributed by atoms with Crippen molar-refractivity contribution in [2.45, 2.75) is 33.2 Å². The van der Waals surface area contributed by atoms with Crippen molar-refractivity contribution >= 4 is 28.7 Å². The molecule has 5 nitrogen and oxygen atoms in total. The zero-order valence-corrected chi connectivity index (χ0v) is 12.3. The van der Waals surface area contributed by atoms with Gasteiger partial charge in [-0.3, -0.25) is 14.4 Å². The first-order valence-corrected chi connectivity index (χ1v) is 7.54. The smallest absolute Gasteiger partial charge is 0.233 e. The Balaban J connectivity index is 2.08. The molecule has 0 unspecified atom stereocenters. The Hall–Kier alpha value is -1.04. The fourth-order valence-electron chi connectivity index (χ4n) is 2.62. The Bertz CT molecular complexity index is 417. The summed E-state index contributed by atoms with van der Waals surface area (Å²) in [6.45, 7) is 6.59. The molecule has 0 aliphatic carbocycles. The second-order valence-corrected chi connectivity index (χ2v) is 7.31. The number of carbonyl (C=O) groups excluding carboxylic acids is 3. The highest BCUT2D eigenvalue weighted by molar-refractivity contribution is 8.14. The van der Waals surface area contributed by atoms with Crippen LogP contribution in [0, 0.1) is 17.3 Å². The van der Waals surface area contributed by atoms with Crippen LogP contribution in [0.2, 0.25) is 0 Å². The van der Waals surface area contributed by atoms with Crippen LogP contribution in [-0.4, -0.2) is 35.3 Å². The largest absolute Gasteiger partial charge is 0.355 e. The summed E-state index contributed by atoms with van der Waals surface area (Å²) in [5.74, 6) is -0.516. The van der Waals surface area contributed by atoms with Gasteiger partial charge in [0.2, 0.25) is 16.9 Å². The number of rotatable bonds is 2. The number of amides is 2. The van der Waals surface area contributed by atoms with Gasteiger partial charge in [-0.15, -0.1) is 0 Å². The molecule has 2 heterocycles. The van der Waals surface area contributed by atoms with E-state index in [1.165, 1.54) is 11.8 Å². The topological polar surface area (TPSA) is 75.3 Å². The highest BCUT2D eigenvalue weighted by atomic mass is 32.2. The van der Waals surface area contributed by atoms with Crippen molar-refractivity contribution in [3.05, 3.63) is 0 Å². The van der Waals surface area contributed by atoms with E-state index < -0.39 is 12.0 Å². The molecule has 2 fully saturated rings. The molecule has 2 aliphatic rings. The average Bonchev–Trinajstić information content (AvgIpc) is 2.85. The second kappa shape index (κ2) is 5.15. The molecule has 0 spiro atoms. The van der Waals surface area contributed by atoms with Gasteiger partial charge < -0.3 is 10.6 Å². The van der Waals surface area contributed by atoms with Gasteiger partial charge in [0.15, 0.2) is 0 Å². The van der Waals surface area contributed by atoms with E-state index in [4.69, 9.17) is 0 Å². The van der Waals surface area contributed by atoms with Gasteiger partial charge in [-0.05, 0) is 11.8 Å². The second-order valence-electron chi connectivity index (χ2n) is 6.21. The third-order valence-corrected chi connectivity index (χ3v) is 4.84. The highest BCUT2D eigenvalue weighted by Crippen LogP contribution is 2.35. The molecule has 106 valence electrons. The van der Waals surface area contributed by atoms with Gasteiger partial charge in [-0.25, -0.2) is 0 Å². The summed E-state index contributed by atoms with van der Waals surface area (Å²) < 4.78 is 0. The van der Waals surface area contributed by atoms with Crippen LogP contribution < -0.4 is 10.6 Å². The summed E-state index contributed by atoms with van der Waals surface area (Å²) in [6.07, 6.45) is 0.657. The van der Waals surface area contributed by atoms with Crippen LogP contribution in [0.5, 0.6) is 0 Å². The average molecular weight is 284 g/mol. The van der Waals surface area contributed by atoms with E-state index in [2.05, 4.69) is 10.6 Å². The van der Waals surface area contributed by atoms with Gasteiger partial charge in [0, 0.05) is 18.2 Å². The minimum absolute atomic E-state index is 0.000867. The predicted octanol–water partition coefficient (Wildman–Crippen LogP) is 0.543. The maximum Gasteiger partial charge on any atom is 0.233 e. The Morgan fingerprint density at radius 3 is 2.58 bits per heavy atom. The first-order chi connectivity index (χ1) is 8.80. The van der Waals surface area contributed by atoms with Crippen LogP contribution in [0.25, 0.3) is 0 Å². The van der Waals surface area contributed by atoms with Crippen LogP contribution in [0.3, 0.4) is 0 Å². The van der Waals surface area contributed by atoms with E-state index in [-0.39, 0.29) is 28.3 Å². The standard InChI is InChI=1S/C13H20N2O3S/c1-13(2,3)7-6-14-10(16)9(7)11(17)15-8-4-5-19-12(8)18/h7-9H,4-6H2,1-3H3,(H,14,16)(H,15,17)/t7-,8+,9-/m1/s1. The van der Waals surface area contributed by atoms with Crippen LogP contribution >= 0.6 is 11.8 Å². The molecule has 0 aromatic heterocycles. The minimum Gasteiger partial charge on any atom is -0.355 e. The highest BCUT2D eigenvalue weighted by Gasteiger charge is 2.46. The van der Waals surface area contributed by atoms with Crippen LogP contribution in [0.1, 0.15) is 27.2 Å². The van der Waals surface area contributed by atoms with Crippen molar-refractivity contribution < 1.29 is 14.4 Å². The summed E-state index contributed by atoms with van der Waals surface area (Å²) in [4.78, 5) is 35.7. The van der Waals surface area contributed by atoms with E-state index in [1.807, 2.05) is 20.8 Å². The van der Waals surface area contributed by atoms with Crippen LogP contribution in [0.4, 0.5) is 0 Å². The van der Waals surface area contributed by atoms with Crippen molar-refractivity contribution in [3.63, 3.8) is 0 Å². The molecule has 0 aromatic carbocycles. The number of hydrogen-bond acceptors (Lipinski definition) is 4. The van der Waals surface area contributed by atoms with Gasteiger partial charge in [0.25, 0.3) is 0 Å². The Kier molecular flexibility index (Phi) is 3.90. The fourth-order valence-corrected chi connectivity index (χ4v) is 3.55. The third kappa shape index (κ3) is 2.94. The lowest BCUT2D eigenvalue weighted by Gasteiger charge is -2.29. The summed E-state index contributed by atoms with van der Waals surface area (Å²) in [7, 11) is 0. The first kappa shape index (κ1) is 14.4. The molecule has 6 heteroatoms. The zero-order chi connectivity index (χ0) is 14.2. The van der Waals surface area contributed by atoms with Crippen molar-refractivity contribution in [3.8, 4) is 0 Å². The SMILES string of the molecule is CC(C)(C)[C@@H]1CNC(=O)[C@@H]1C(=O)N[C@H]1CCSC1=O. The molecule has 2 saturated heterocycles. The van der Waals surface area contributed by atoms with Gasteiger partial charge in [0.05, 0.1) is 6.04 Å². The van der Waals surface area contributed by atoms with Gasteiger partial charge in [-0.2, -0.15) is 0 Å². The Morgan fingerprint density at radius 1 is 1.37 bits per heavy atom. The summed E-state index contributed by atoms with van der Waals surface area (Å²) >= 11 is 1.24. The third-order valence-electron chi connectivity index (χ3n) is 3.83. The summed E-state index contributed by atoms with van der Waals surface area (Å²) in [5, 5.41) is 5.49. The van der Waals surface area contributed by atoms with E-state index >= 15 is 0 Å². The van der Waals surface area contributed by atoms with Crippen molar-refractivity contribution in [2.75, 3.05) is 12.3 Å². The Labute approximate surface area is 117 Å². The molecule has 2 amide bonds. The van der Waals surface area contributed by atoms with E-state index in [1.54, 1.807) is 0 Å². The molecule has 2 N–H and O–H groups in total. The molecule has 2 aliphatic heterocycles. The molecule has 19 heavy (non-hydrogen) atoms. The molecule has 3 atom stereocenters. The summed E-state index contributed by atoms with van der Waals surface area (Å²) in [6, 6.07) is -0.425. The van der Waals surface area contributed by atoms with E-state index in [0.29, 0.717) is 13.0 Å². The number of carbonyl (C=O) groups is 3. The maximum absolute atomic E-state index is 12.3.